The molecule has 1 aliphatic rings. The number of fused-ring (bicyclic) bond motifs is 1. The van der Waals surface area contributed by atoms with Crippen molar-refractivity contribution in [3.8, 4) is 5.13 Å². The van der Waals surface area contributed by atoms with Crippen LogP contribution in [0.3, 0.4) is 0 Å². The number of methoxy groups -OCH3 is 1. The van der Waals surface area contributed by atoms with Gasteiger partial charge < -0.3 is 9.64 Å². The Morgan fingerprint density at radius 2 is 2.25 bits per heavy atom. The minimum atomic E-state index is -0.00424. The van der Waals surface area contributed by atoms with E-state index in [1.54, 1.807) is 13.3 Å². The molecule has 1 atom stereocenters. The monoisotopic (exact) mass is 417 g/mol. The molecule has 0 amide bonds. The fourth-order valence-electron chi connectivity index (χ4n) is 3.57. The number of thiazole rings is 1. The highest BCUT2D eigenvalue weighted by molar-refractivity contribution is 7.97. The highest BCUT2D eigenvalue weighted by atomic mass is 32.2. The van der Waals surface area contributed by atoms with Crippen LogP contribution >= 0.6 is 23.3 Å². The predicted molar refractivity (Wildman–Crippen MR) is 115 cm³/mol. The summed E-state index contributed by atoms with van der Waals surface area (Å²) in [6.07, 6.45) is 5.82. The third-order valence-electron chi connectivity index (χ3n) is 4.74. The standard InChI is InChI=1S/C19H23N5O2S2/c1-22(2)28-15-11-24(19-20-8-10-27-19)18-14(17(15)25)6-7-16(21-18)23-9-4-5-13(23)12-26-3/h6-8,10-11,13H,4-5,9,12H2,1-3H3/t13-/m0/s1. The van der Waals surface area contributed by atoms with E-state index in [-0.39, 0.29) is 5.43 Å². The molecule has 0 aliphatic carbocycles. The minimum Gasteiger partial charge on any atom is -0.383 e. The normalized spacial score (nSPS) is 17.1. The first-order valence-electron chi connectivity index (χ1n) is 9.15. The maximum Gasteiger partial charge on any atom is 0.205 e. The summed E-state index contributed by atoms with van der Waals surface area (Å²) in [5, 5.41) is 3.33. The second-order valence-corrected chi connectivity index (χ2v) is 9.12. The lowest BCUT2D eigenvalue weighted by atomic mass is 10.2. The van der Waals surface area contributed by atoms with Crippen molar-refractivity contribution in [2.75, 3.05) is 39.3 Å². The van der Waals surface area contributed by atoms with E-state index in [1.807, 2.05) is 46.7 Å². The molecular weight excluding hydrogens is 394 g/mol. The minimum absolute atomic E-state index is 0.00424. The molecule has 28 heavy (non-hydrogen) atoms. The molecule has 9 heteroatoms. The Kier molecular flexibility index (Phi) is 5.68. The summed E-state index contributed by atoms with van der Waals surface area (Å²) in [7, 11) is 5.58. The van der Waals surface area contributed by atoms with Crippen LogP contribution in [0.25, 0.3) is 16.2 Å². The summed E-state index contributed by atoms with van der Waals surface area (Å²) in [4.78, 5) is 25.3. The molecule has 0 spiro atoms. The third kappa shape index (κ3) is 3.67. The Morgan fingerprint density at radius 1 is 1.39 bits per heavy atom. The number of hydrogen-bond donors (Lipinski definition) is 0. The van der Waals surface area contributed by atoms with E-state index < -0.39 is 0 Å². The Balaban J connectivity index is 1.88. The van der Waals surface area contributed by atoms with Crippen LogP contribution in [0.2, 0.25) is 0 Å². The molecule has 1 aliphatic heterocycles. The van der Waals surface area contributed by atoms with Gasteiger partial charge in [-0.1, -0.05) is 0 Å². The summed E-state index contributed by atoms with van der Waals surface area (Å²) in [6, 6.07) is 4.17. The van der Waals surface area contributed by atoms with Crippen LogP contribution in [0.4, 0.5) is 5.82 Å². The lowest BCUT2D eigenvalue weighted by Crippen LogP contribution is -2.33. The molecule has 3 aromatic heterocycles. The Hall–Kier alpha value is -1.94. The number of nitrogens with zero attached hydrogens (tertiary/aromatic N) is 5. The molecule has 0 saturated carbocycles. The van der Waals surface area contributed by atoms with Gasteiger partial charge in [-0.25, -0.2) is 9.97 Å². The maximum atomic E-state index is 13.0. The van der Waals surface area contributed by atoms with Crippen molar-refractivity contribution < 1.29 is 4.74 Å². The van der Waals surface area contributed by atoms with Crippen LogP contribution < -0.4 is 10.3 Å². The third-order valence-corrected chi connectivity index (χ3v) is 6.36. The van der Waals surface area contributed by atoms with Crippen molar-refractivity contribution in [2.45, 2.75) is 23.8 Å². The first-order valence-corrected chi connectivity index (χ1v) is 10.8. The average molecular weight is 418 g/mol. The van der Waals surface area contributed by atoms with Gasteiger partial charge in [0, 0.05) is 31.4 Å². The van der Waals surface area contributed by atoms with Crippen molar-refractivity contribution in [3.63, 3.8) is 0 Å². The lowest BCUT2D eigenvalue weighted by molar-refractivity contribution is 0.180. The highest BCUT2D eigenvalue weighted by Crippen LogP contribution is 2.28. The molecule has 1 fully saturated rings. The first-order chi connectivity index (χ1) is 13.6. The molecule has 0 N–H and O–H groups in total. The maximum absolute atomic E-state index is 13.0. The smallest absolute Gasteiger partial charge is 0.205 e. The average Bonchev–Trinajstić information content (AvgIpc) is 3.36. The van der Waals surface area contributed by atoms with E-state index in [0.717, 1.165) is 30.3 Å². The molecule has 7 nitrogen and oxygen atoms in total. The zero-order chi connectivity index (χ0) is 19.7. The van der Waals surface area contributed by atoms with Crippen molar-refractivity contribution >= 4 is 40.1 Å². The zero-order valence-corrected chi connectivity index (χ0v) is 17.8. The van der Waals surface area contributed by atoms with E-state index in [0.29, 0.717) is 28.6 Å². The second-order valence-electron chi connectivity index (χ2n) is 6.90. The molecule has 0 unspecified atom stereocenters. The summed E-state index contributed by atoms with van der Waals surface area (Å²) in [6.45, 7) is 1.62. The Labute approximate surface area is 172 Å². The Bertz CT molecular complexity index is 1020. The van der Waals surface area contributed by atoms with E-state index in [2.05, 4.69) is 9.88 Å². The molecule has 3 aromatic rings. The van der Waals surface area contributed by atoms with Crippen molar-refractivity contribution in [3.05, 3.63) is 40.1 Å². The van der Waals surface area contributed by atoms with Crippen LogP contribution in [-0.2, 0) is 4.74 Å². The van der Waals surface area contributed by atoms with E-state index >= 15 is 0 Å². The van der Waals surface area contributed by atoms with Gasteiger partial charge in [-0.15, -0.1) is 11.3 Å². The molecule has 4 heterocycles. The van der Waals surface area contributed by atoms with Gasteiger partial charge in [0.2, 0.25) is 5.43 Å². The molecule has 1 saturated heterocycles. The number of anilines is 1. The van der Waals surface area contributed by atoms with Gasteiger partial charge in [-0.05, 0) is 51.0 Å². The fraction of sp³-hybridized carbons (Fsp3) is 0.421. The zero-order valence-electron chi connectivity index (χ0n) is 16.2. The summed E-state index contributed by atoms with van der Waals surface area (Å²) in [5.41, 5.74) is 0.638. The number of aromatic nitrogens is 3. The van der Waals surface area contributed by atoms with Crippen LogP contribution in [0.1, 0.15) is 12.8 Å². The quantitative estimate of drug-likeness (QED) is 0.571. The second kappa shape index (κ2) is 8.20. The lowest BCUT2D eigenvalue weighted by Gasteiger charge is -2.25. The largest absolute Gasteiger partial charge is 0.383 e. The summed E-state index contributed by atoms with van der Waals surface area (Å²) < 4.78 is 9.22. The van der Waals surface area contributed by atoms with Crippen LogP contribution in [-0.4, -0.2) is 59.2 Å². The van der Waals surface area contributed by atoms with Gasteiger partial charge >= 0.3 is 0 Å². The van der Waals surface area contributed by atoms with E-state index in [4.69, 9.17) is 9.72 Å². The first kappa shape index (κ1) is 19.4. The van der Waals surface area contributed by atoms with Gasteiger partial charge in [0.05, 0.1) is 22.9 Å². The molecular formula is C19H23N5O2S2. The number of pyridine rings is 2. The summed E-state index contributed by atoms with van der Waals surface area (Å²) >= 11 is 2.93. The van der Waals surface area contributed by atoms with E-state index in [9.17, 15) is 4.79 Å². The Morgan fingerprint density at radius 3 is 2.96 bits per heavy atom. The predicted octanol–water partition coefficient (Wildman–Crippen LogP) is 3.03. The van der Waals surface area contributed by atoms with Gasteiger partial charge in [0.1, 0.15) is 5.82 Å². The number of rotatable bonds is 6. The topological polar surface area (TPSA) is 63.5 Å². The van der Waals surface area contributed by atoms with Crippen LogP contribution in [0, 0.1) is 0 Å². The summed E-state index contributed by atoms with van der Waals surface area (Å²) in [5.74, 6) is 0.879. The fourth-order valence-corrected chi connectivity index (χ4v) is 4.93. The number of ether oxygens (including phenoxy) is 1. The van der Waals surface area contributed by atoms with Gasteiger partial charge in [0.15, 0.2) is 10.8 Å². The van der Waals surface area contributed by atoms with Crippen molar-refractivity contribution in [1.29, 1.82) is 0 Å². The molecule has 0 radical (unpaired) electrons. The SMILES string of the molecule is COC[C@@H]1CCCN1c1ccc2c(=O)c(SN(C)C)cn(-c3nccs3)c2n1. The molecule has 0 aromatic carbocycles. The molecule has 148 valence electrons. The van der Waals surface area contributed by atoms with Crippen molar-refractivity contribution in [1.82, 2.24) is 18.8 Å². The molecule has 4 rings (SSSR count). The van der Waals surface area contributed by atoms with Crippen molar-refractivity contribution in [2.24, 2.45) is 0 Å². The van der Waals surface area contributed by atoms with Gasteiger partial charge in [0.25, 0.3) is 0 Å². The van der Waals surface area contributed by atoms with Crippen LogP contribution in [0.15, 0.2) is 39.6 Å². The van der Waals surface area contributed by atoms with Gasteiger partial charge in [-0.2, -0.15) is 0 Å². The molecule has 0 bridgehead atoms. The van der Waals surface area contributed by atoms with Gasteiger partial charge in [-0.3, -0.25) is 13.7 Å². The number of hydrogen-bond acceptors (Lipinski definition) is 8. The van der Waals surface area contributed by atoms with Crippen LogP contribution in [0.5, 0.6) is 0 Å². The highest BCUT2D eigenvalue weighted by Gasteiger charge is 2.26. The van der Waals surface area contributed by atoms with E-state index in [1.165, 1.54) is 23.3 Å².